The number of carbonyl (C=O) groups excluding carboxylic acids is 1. The lowest BCUT2D eigenvalue weighted by Gasteiger charge is -2.25. The van der Waals surface area contributed by atoms with Crippen molar-refractivity contribution in [2.45, 2.75) is 45.1 Å². The Hall–Kier alpha value is -2.13. The number of amides is 1. The number of nitrogens with zero attached hydrogens (tertiary/aromatic N) is 1. The van der Waals surface area contributed by atoms with E-state index in [0.29, 0.717) is 6.42 Å². The van der Waals surface area contributed by atoms with Gasteiger partial charge in [-0.05, 0) is 25.5 Å². The third-order valence-corrected chi connectivity index (χ3v) is 3.50. The van der Waals surface area contributed by atoms with Gasteiger partial charge >= 0.3 is 12.7 Å². The molecule has 1 saturated heterocycles. The van der Waals surface area contributed by atoms with Crippen LogP contribution in [0.3, 0.4) is 0 Å². The molecule has 10 heteroatoms. The summed E-state index contributed by atoms with van der Waals surface area (Å²) in [6.45, 7) is 1.18. The van der Waals surface area contributed by atoms with Crippen LogP contribution in [0, 0.1) is 0 Å². The molecule has 1 unspecified atom stereocenters. The molecular weight excluding hydrogens is 344 g/mol. The first-order valence-electron chi connectivity index (χ1n) is 6.89. The Morgan fingerprint density at radius 3 is 1.96 bits per heavy atom. The number of ether oxygens (including phenoxy) is 2. The van der Waals surface area contributed by atoms with E-state index in [9.17, 15) is 31.1 Å². The summed E-state index contributed by atoms with van der Waals surface area (Å²) in [7, 11) is 0. The molecule has 1 fully saturated rings. The number of hydrogen-bond donors (Lipinski definition) is 0. The summed E-state index contributed by atoms with van der Waals surface area (Å²) in [6, 6.07) is 2.38. The van der Waals surface area contributed by atoms with Crippen LogP contribution in [0.15, 0.2) is 18.2 Å². The third-order valence-electron chi connectivity index (χ3n) is 3.50. The molecule has 0 radical (unpaired) electrons. The lowest BCUT2D eigenvalue weighted by atomic mass is 10.1. The maximum atomic E-state index is 12.5. The van der Waals surface area contributed by atoms with Crippen molar-refractivity contribution in [3.05, 3.63) is 23.8 Å². The molecule has 0 saturated carbocycles. The van der Waals surface area contributed by atoms with E-state index in [1.54, 1.807) is 6.92 Å². The van der Waals surface area contributed by atoms with Crippen molar-refractivity contribution in [1.82, 2.24) is 4.90 Å². The minimum atomic E-state index is -5.09. The number of hydrogen-bond acceptors (Lipinski definition) is 3. The SMILES string of the molecule is CC1CCC(=O)N1Cc1c(OC(F)(F)F)cccc1OC(F)(F)F. The van der Waals surface area contributed by atoms with E-state index in [4.69, 9.17) is 0 Å². The fourth-order valence-electron chi connectivity index (χ4n) is 2.43. The van der Waals surface area contributed by atoms with E-state index in [-0.39, 0.29) is 18.4 Å². The van der Waals surface area contributed by atoms with Crippen LogP contribution < -0.4 is 9.47 Å². The van der Waals surface area contributed by atoms with Crippen LogP contribution in [0.25, 0.3) is 0 Å². The average molecular weight is 357 g/mol. The van der Waals surface area contributed by atoms with Gasteiger partial charge in [-0.15, -0.1) is 26.3 Å². The first-order chi connectivity index (χ1) is 11.0. The van der Waals surface area contributed by atoms with Crippen molar-refractivity contribution in [2.75, 3.05) is 0 Å². The lowest BCUT2D eigenvalue weighted by Crippen LogP contribution is -2.31. The molecule has 1 heterocycles. The molecule has 0 bridgehead atoms. The van der Waals surface area contributed by atoms with Gasteiger partial charge in [0.15, 0.2) is 0 Å². The van der Waals surface area contributed by atoms with Crippen LogP contribution in [-0.2, 0) is 11.3 Å². The van der Waals surface area contributed by atoms with Crippen molar-refractivity contribution < 1.29 is 40.6 Å². The van der Waals surface area contributed by atoms with Crippen molar-refractivity contribution in [3.63, 3.8) is 0 Å². The smallest absolute Gasteiger partial charge is 0.405 e. The van der Waals surface area contributed by atoms with E-state index in [1.165, 1.54) is 4.90 Å². The third kappa shape index (κ3) is 4.68. The van der Waals surface area contributed by atoms with Gasteiger partial charge in [-0.2, -0.15) is 0 Å². The highest BCUT2D eigenvalue weighted by atomic mass is 19.4. The van der Waals surface area contributed by atoms with Crippen molar-refractivity contribution in [1.29, 1.82) is 0 Å². The van der Waals surface area contributed by atoms with E-state index < -0.39 is 36.3 Å². The van der Waals surface area contributed by atoms with Gasteiger partial charge in [-0.1, -0.05) is 6.07 Å². The zero-order valence-electron chi connectivity index (χ0n) is 12.4. The molecule has 1 atom stereocenters. The minimum absolute atomic E-state index is 0.179. The van der Waals surface area contributed by atoms with Crippen LogP contribution in [0.1, 0.15) is 25.3 Å². The summed E-state index contributed by atoms with van der Waals surface area (Å²) in [5, 5.41) is 0. The highest BCUT2D eigenvalue weighted by molar-refractivity contribution is 5.78. The van der Waals surface area contributed by atoms with Crippen LogP contribution in [0.5, 0.6) is 11.5 Å². The van der Waals surface area contributed by atoms with Gasteiger partial charge < -0.3 is 14.4 Å². The largest absolute Gasteiger partial charge is 0.573 e. The van der Waals surface area contributed by atoms with Gasteiger partial charge in [0.1, 0.15) is 11.5 Å². The summed E-state index contributed by atoms with van der Waals surface area (Å²) < 4.78 is 82.5. The molecule has 24 heavy (non-hydrogen) atoms. The average Bonchev–Trinajstić information content (AvgIpc) is 2.70. The predicted octanol–water partition coefficient (Wildman–Crippen LogP) is 3.99. The maximum absolute atomic E-state index is 12.5. The molecule has 1 aliphatic heterocycles. The number of likely N-dealkylation sites (tertiary alicyclic amines) is 1. The molecule has 134 valence electrons. The zero-order chi connectivity index (χ0) is 18.1. The molecule has 1 aromatic carbocycles. The normalized spacial score (nSPS) is 18.9. The van der Waals surface area contributed by atoms with Crippen LogP contribution in [-0.4, -0.2) is 29.6 Å². The number of rotatable bonds is 4. The summed E-state index contributed by atoms with van der Waals surface area (Å²) >= 11 is 0. The van der Waals surface area contributed by atoms with Gasteiger partial charge in [-0.3, -0.25) is 4.79 Å². The summed E-state index contributed by atoms with van der Waals surface area (Å²) in [4.78, 5) is 13.0. The fourth-order valence-corrected chi connectivity index (χ4v) is 2.43. The molecule has 0 spiro atoms. The van der Waals surface area contributed by atoms with Gasteiger partial charge in [0, 0.05) is 12.5 Å². The van der Waals surface area contributed by atoms with Gasteiger partial charge in [0.2, 0.25) is 5.91 Å². The number of carbonyl (C=O) groups is 1. The molecule has 1 amide bonds. The van der Waals surface area contributed by atoms with Crippen molar-refractivity contribution in [2.24, 2.45) is 0 Å². The standard InChI is InChI=1S/C14H13F6NO3/c1-8-5-6-12(22)21(8)7-9-10(23-13(15,16)17)3-2-4-11(9)24-14(18,19)20/h2-4,8H,5-7H2,1H3. The van der Waals surface area contributed by atoms with Gasteiger partial charge in [0.25, 0.3) is 0 Å². The Morgan fingerprint density at radius 2 is 1.58 bits per heavy atom. The van der Waals surface area contributed by atoms with E-state index >= 15 is 0 Å². The number of halogens is 6. The number of benzene rings is 1. The first-order valence-corrected chi connectivity index (χ1v) is 6.89. The zero-order valence-corrected chi connectivity index (χ0v) is 12.4. The van der Waals surface area contributed by atoms with E-state index in [0.717, 1.165) is 18.2 Å². The second kappa shape index (κ2) is 6.40. The lowest BCUT2D eigenvalue weighted by molar-refractivity contribution is -0.277. The highest BCUT2D eigenvalue weighted by Crippen LogP contribution is 2.37. The van der Waals surface area contributed by atoms with Crippen LogP contribution >= 0.6 is 0 Å². The Balaban J connectivity index is 2.41. The quantitative estimate of drug-likeness (QED) is 0.765. The Bertz CT molecular complexity index is 579. The fraction of sp³-hybridized carbons (Fsp3) is 0.500. The second-order valence-electron chi connectivity index (χ2n) is 5.24. The van der Waals surface area contributed by atoms with E-state index in [1.807, 2.05) is 0 Å². The Labute approximate surface area is 132 Å². The topological polar surface area (TPSA) is 38.8 Å². The van der Waals surface area contributed by atoms with Crippen LogP contribution in [0.4, 0.5) is 26.3 Å². The van der Waals surface area contributed by atoms with Crippen LogP contribution in [0.2, 0.25) is 0 Å². The van der Waals surface area contributed by atoms with Gasteiger partial charge in [0.05, 0.1) is 12.1 Å². The molecule has 0 aliphatic carbocycles. The monoisotopic (exact) mass is 357 g/mol. The van der Waals surface area contributed by atoms with Gasteiger partial charge in [-0.25, -0.2) is 0 Å². The Morgan fingerprint density at radius 1 is 1.08 bits per heavy atom. The second-order valence-corrected chi connectivity index (χ2v) is 5.24. The molecular formula is C14H13F6NO3. The molecule has 0 N–H and O–H groups in total. The highest BCUT2D eigenvalue weighted by Gasteiger charge is 2.37. The molecule has 4 nitrogen and oxygen atoms in total. The van der Waals surface area contributed by atoms with E-state index in [2.05, 4.69) is 9.47 Å². The molecule has 0 aromatic heterocycles. The van der Waals surface area contributed by atoms with Crippen molar-refractivity contribution in [3.8, 4) is 11.5 Å². The first kappa shape index (κ1) is 18.2. The molecule has 1 aromatic rings. The molecule has 2 rings (SSSR count). The summed E-state index contributed by atoms with van der Waals surface area (Å²) in [5.74, 6) is -2.03. The summed E-state index contributed by atoms with van der Waals surface area (Å²) in [6.07, 6.45) is -9.53. The molecule has 1 aliphatic rings. The maximum Gasteiger partial charge on any atom is 0.573 e. The summed E-state index contributed by atoms with van der Waals surface area (Å²) in [5.41, 5.74) is -0.491. The van der Waals surface area contributed by atoms with Crippen molar-refractivity contribution >= 4 is 5.91 Å². The minimum Gasteiger partial charge on any atom is -0.405 e. The predicted molar refractivity (Wildman–Crippen MR) is 69.1 cm³/mol. The Kier molecular flexibility index (Phi) is 4.86. The number of alkyl halides is 6.